The van der Waals surface area contributed by atoms with Gasteiger partial charge in [-0.05, 0) is 0 Å². The van der Waals surface area contributed by atoms with E-state index < -0.39 is 12.0 Å². The Kier molecular flexibility index (Phi) is 6.31. The molecule has 1 unspecified atom stereocenters. The Hall–Kier alpha value is -0.790. The van der Waals surface area contributed by atoms with Crippen LogP contribution in [0.2, 0.25) is 0 Å². The molecule has 0 bridgehead atoms. The number of carboxylic acid groups (broad SMARTS) is 1. The molecule has 1 aliphatic heterocycles. The van der Waals surface area contributed by atoms with Gasteiger partial charge in [0.25, 0.3) is 0 Å². The van der Waals surface area contributed by atoms with E-state index in [4.69, 9.17) is 14.6 Å². The lowest BCUT2D eigenvalue weighted by Gasteiger charge is -2.32. The van der Waals surface area contributed by atoms with Crippen LogP contribution in [0.5, 0.6) is 0 Å². The van der Waals surface area contributed by atoms with Gasteiger partial charge in [-0.15, -0.1) is 11.8 Å². The zero-order valence-electron chi connectivity index (χ0n) is 9.76. The number of ether oxygens (including phenoxy) is 2. The van der Waals surface area contributed by atoms with Gasteiger partial charge >= 0.3 is 5.97 Å². The largest absolute Gasteiger partial charge is 0.480 e. The molecule has 1 atom stereocenters. The predicted molar refractivity (Wildman–Crippen MR) is 63.2 cm³/mol. The number of thioether (sulfide) groups is 1. The van der Waals surface area contributed by atoms with Gasteiger partial charge in [0, 0.05) is 19.4 Å². The Labute approximate surface area is 104 Å². The molecular formula is C10H17NO5S. The molecule has 1 rings (SSSR count). The zero-order chi connectivity index (χ0) is 12.7. The Balaban J connectivity index is 2.39. The summed E-state index contributed by atoms with van der Waals surface area (Å²) < 4.78 is 9.93. The molecule has 0 radical (unpaired) electrons. The van der Waals surface area contributed by atoms with E-state index in [-0.39, 0.29) is 18.3 Å². The van der Waals surface area contributed by atoms with Crippen molar-refractivity contribution in [3.8, 4) is 0 Å². The number of carboxylic acids is 1. The smallest absolute Gasteiger partial charge is 0.328 e. The number of hydrogen-bond donors (Lipinski definition) is 1. The van der Waals surface area contributed by atoms with Gasteiger partial charge in [-0.1, -0.05) is 0 Å². The molecule has 1 fully saturated rings. The van der Waals surface area contributed by atoms with Crippen LogP contribution in [0.25, 0.3) is 0 Å². The highest BCUT2D eigenvalue weighted by Gasteiger charge is 2.32. The number of carbonyl (C=O) groups is 2. The van der Waals surface area contributed by atoms with Crippen molar-refractivity contribution in [3.05, 3.63) is 0 Å². The second kappa shape index (κ2) is 7.52. The lowest BCUT2D eigenvalue weighted by Crippen LogP contribution is -2.53. The molecule has 98 valence electrons. The van der Waals surface area contributed by atoms with Crippen molar-refractivity contribution < 1.29 is 24.2 Å². The third-order valence-corrected chi connectivity index (χ3v) is 3.30. The summed E-state index contributed by atoms with van der Waals surface area (Å²) in [5.74, 6) is -0.154. The molecule has 1 aliphatic rings. The molecule has 1 saturated heterocycles. The number of amides is 1. The molecule has 7 heteroatoms. The van der Waals surface area contributed by atoms with E-state index in [0.29, 0.717) is 19.8 Å². The first-order valence-electron chi connectivity index (χ1n) is 5.33. The summed E-state index contributed by atoms with van der Waals surface area (Å²) in [5, 5.41) is 8.97. The number of morpholine rings is 1. The standard InChI is InChI=1S/C10H17NO5S/c1-15-4-5-17-7-9(12)11-2-3-16-6-8(11)10(13)14/h8H,2-7H2,1H3,(H,13,14). The van der Waals surface area contributed by atoms with Crippen LogP contribution in [0.1, 0.15) is 0 Å². The van der Waals surface area contributed by atoms with Crippen LogP contribution < -0.4 is 0 Å². The van der Waals surface area contributed by atoms with E-state index in [9.17, 15) is 9.59 Å². The first-order chi connectivity index (χ1) is 8.16. The van der Waals surface area contributed by atoms with Crippen molar-refractivity contribution in [2.75, 3.05) is 45.0 Å². The maximum Gasteiger partial charge on any atom is 0.328 e. The van der Waals surface area contributed by atoms with Crippen LogP contribution in [0.15, 0.2) is 0 Å². The summed E-state index contributed by atoms with van der Waals surface area (Å²) in [6.07, 6.45) is 0. The van der Waals surface area contributed by atoms with Crippen LogP contribution >= 0.6 is 11.8 Å². The number of aliphatic carboxylic acids is 1. The third kappa shape index (κ3) is 4.53. The Morgan fingerprint density at radius 1 is 1.59 bits per heavy atom. The monoisotopic (exact) mass is 263 g/mol. The number of rotatable bonds is 6. The van der Waals surface area contributed by atoms with Gasteiger partial charge in [-0.25, -0.2) is 4.79 Å². The molecule has 0 aliphatic carbocycles. The van der Waals surface area contributed by atoms with Crippen molar-refractivity contribution in [2.24, 2.45) is 0 Å². The summed E-state index contributed by atoms with van der Waals surface area (Å²) in [6, 6.07) is -0.848. The molecule has 1 N–H and O–H groups in total. The van der Waals surface area contributed by atoms with Crippen molar-refractivity contribution >= 4 is 23.6 Å². The lowest BCUT2D eigenvalue weighted by molar-refractivity contribution is -0.157. The number of methoxy groups -OCH3 is 1. The van der Waals surface area contributed by atoms with Crippen molar-refractivity contribution in [3.63, 3.8) is 0 Å². The maximum absolute atomic E-state index is 11.8. The van der Waals surface area contributed by atoms with Gasteiger partial charge < -0.3 is 19.5 Å². The number of carbonyl (C=O) groups excluding carboxylic acids is 1. The highest BCUT2D eigenvalue weighted by atomic mass is 32.2. The van der Waals surface area contributed by atoms with Crippen LogP contribution in [0.3, 0.4) is 0 Å². The zero-order valence-corrected chi connectivity index (χ0v) is 10.6. The van der Waals surface area contributed by atoms with Gasteiger partial charge in [0.1, 0.15) is 0 Å². The second-order valence-electron chi connectivity index (χ2n) is 3.56. The van der Waals surface area contributed by atoms with Crippen molar-refractivity contribution in [2.45, 2.75) is 6.04 Å². The fourth-order valence-electron chi connectivity index (χ4n) is 1.49. The van der Waals surface area contributed by atoms with E-state index in [1.165, 1.54) is 16.7 Å². The van der Waals surface area contributed by atoms with Gasteiger partial charge in [-0.3, -0.25) is 4.79 Å². The molecular weight excluding hydrogens is 246 g/mol. The van der Waals surface area contributed by atoms with E-state index in [1.807, 2.05) is 0 Å². The third-order valence-electron chi connectivity index (χ3n) is 2.39. The Morgan fingerprint density at radius 2 is 2.35 bits per heavy atom. The molecule has 1 amide bonds. The van der Waals surface area contributed by atoms with Crippen molar-refractivity contribution in [1.29, 1.82) is 0 Å². The minimum absolute atomic E-state index is 0.0732. The Bertz CT molecular complexity index is 273. The number of nitrogens with zero attached hydrogens (tertiary/aromatic N) is 1. The first kappa shape index (κ1) is 14.3. The Morgan fingerprint density at radius 3 is 3.00 bits per heavy atom. The fourth-order valence-corrected chi connectivity index (χ4v) is 2.26. The average Bonchev–Trinajstić information content (AvgIpc) is 2.34. The van der Waals surface area contributed by atoms with E-state index in [2.05, 4.69) is 0 Å². The van der Waals surface area contributed by atoms with Crippen molar-refractivity contribution in [1.82, 2.24) is 4.90 Å². The number of hydrogen-bond acceptors (Lipinski definition) is 5. The molecule has 0 spiro atoms. The minimum Gasteiger partial charge on any atom is -0.480 e. The van der Waals surface area contributed by atoms with Crippen LogP contribution in [-0.2, 0) is 19.1 Å². The topological polar surface area (TPSA) is 76.1 Å². The first-order valence-corrected chi connectivity index (χ1v) is 6.49. The van der Waals surface area contributed by atoms with Gasteiger partial charge in [0.2, 0.25) is 5.91 Å². The lowest BCUT2D eigenvalue weighted by atomic mass is 10.2. The molecule has 6 nitrogen and oxygen atoms in total. The molecule has 0 saturated carbocycles. The molecule has 1 heterocycles. The normalized spacial score (nSPS) is 20.3. The van der Waals surface area contributed by atoms with Gasteiger partial charge in [0.05, 0.1) is 25.6 Å². The molecule has 17 heavy (non-hydrogen) atoms. The average molecular weight is 263 g/mol. The summed E-state index contributed by atoms with van der Waals surface area (Å²) in [6.45, 7) is 1.41. The summed E-state index contributed by atoms with van der Waals surface area (Å²) in [7, 11) is 1.60. The van der Waals surface area contributed by atoms with Crippen LogP contribution in [0.4, 0.5) is 0 Å². The van der Waals surface area contributed by atoms with Gasteiger partial charge in [0.15, 0.2) is 6.04 Å². The highest BCUT2D eigenvalue weighted by molar-refractivity contribution is 7.99. The van der Waals surface area contributed by atoms with Gasteiger partial charge in [-0.2, -0.15) is 0 Å². The van der Waals surface area contributed by atoms with E-state index >= 15 is 0 Å². The highest BCUT2D eigenvalue weighted by Crippen LogP contribution is 2.10. The maximum atomic E-state index is 11.8. The summed E-state index contributed by atoms with van der Waals surface area (Å²) >= 11 is 1.44. The van der Waals surface area contributed by atoms with Crippen LogP contribution in [0, 0.1) is 0 Å². The fraction of sp³-hybridized carbons (Fsp3) is 0.800. The SMILES string of the molecule is COCCSCC(=O)N1CCOCC1C(=O)O. The molecule has 0 aromatic heterocycles. The second-order valence-corrected chi connectivity index (χ2v) is 4.67. The molecule has 0 aromatic carbocycles. The van der Waals surface area contributed by atoms with E-state index in [1.54, 1.807) is 7.11 Å². The van der Waals surface area contributed by atoms with Crippen LogP contribution in [-0.4, -0.2) is 72.9 Å². The summed E-state index contributed by atoms with van der Waals surface area (Å²) in [5.41, 5.74) is 0. The summed E-state index contributed by atoms with van der Waals surface area (Å²) in [4.78, 5) is 24.1. The minimum atomic E-state index is -1.01. The quantitative estimate of drug-likeness (QED) is 0.662. The molecule has 0 aromatic rings. The predicted octanol–water partition coefficient (Wildman–Crippen LogP) is -0.322. The van der Waals surface area contributed by atoms with E-state index in [0.717, 1.165) is 5.75 Å².